The summed E-state index contributed by atoms with van der Waals surface area (Å²) in [6.07, 6.45) is 10.5. The van der Waals surface area contributed by atoms with Crippen molar-refractivity contribution in [3.63, 3.8) is 0 Å². The minimum Gasteiger partial charge on any atom is -0.550 e. The van der Waals surface area contributed by atoms with Crippen LogP contribution in [-0.2, 0) is 14.8 Å². The van der Waals surface area contributed by atoms with E-state index >= 15 is 0 Å². The second-order valence-corrected chi connectivity index (χ2v) is 9.10. The third-order valence-electron chi connectivity index (χ3n) is 4.97. The molecule has 0 radical (unpaired) electrons. The largest absolute Gasteiger partial charge is 1.00 e. The van der Waals surface area contributed by atoms with Gasteiger partial charge < -0.3 is 9.90 Å². The van der Waals surface area contributed by atoms with Crippen LogP contribution in [0, 0.1) is 5.41 Å². The molecule has 0 aromatic heterocycles. The second kappa shape index (κ2) is 11.6. The van der Waals surface area contributed by atoms with E-state index in [9.17, 15) is 18.3 Å². The van der Waals surface area contributed by atoms with Crippen LogP contribution < -0.4 is 39.4 Å². The van der Waals surface area contributed by atoms with Crippen LogP contribution in [0.25, 0.3) is 0 Å². The molecule has 0 aliphatic heterocycles. The number of rotatable bonds is 10. The zero-order valence-corrected chi connectivity index (χ0v) is 19.3. The van der Waals surface area contributed by atoms with Crippen LogP contribution in [0.4, 0.5) is 0 Å². The monoisotopic (exact) mass is 421 g/mol. The van der Waals surface area contributed by atoms with Gasteiger partial charge in [-0.15, -0.1) is 0 Å². The van der Waals surface area contributed by atoms with Crippen LogP contribution in [0.3, 0.4) is 0 Å². The molecule has 0 saturated heterocycles. The fraction of sp³-hybridized carbons (Fsp3) is 0.526. The molecule has 1 saturated carbocycles. The van der Waals surface area contributed by atoms with E-state index in [1.165, 1.54) is 12.1 Å². The summed E-state index contributed by atoms with van der Waals surface area (Å²) in [5.41, 5.74) is 0.0977. The predicted molar refractivity (Wildman–Crippen MR) is 100 cm³/mol. The van der Waals surface area contributed by atoms with Crippen LogP contribution in [0.5, 0.6) is 0 Å². The van der Waals surface area contributed by atoms with Crippen molar-refractivity contribution in [3.05, 3.63) is 41.4 Å². The van der Waals surface area contributed by atoms with Crippen molar-refractivity contribution in [3.8, 4) is 0 Å². The number of carbonyl (C=O) groups is 1. The number of benzene rings is 1. The molecular formula is C19H25ClNNaO4S. The average Bonchev–Trinajstić information content (AvgIpc) is 3.03. The van der Waals surface area contributed by atoms with Gasteiger partial charge in [0.25, 0.3) is 0 Å². The van der Waals surface area contributed by atoms with Gasteiger partial charge in [-0.1, -0.05) is 36.6 Å². The van der Waals surface area contributed by atoms with E-state index in [1.54, 1.807) is 12.1 Å². The molecule has 27 heavy (non-hydrogen) atoms. The van der Waals surface area contributed by atoms with E-state index in [1.807, 2.05) is 12.2 Å². The fourth-order valence-corrected chi connectivity index (χ4v) is 4.64. The first kappa shape index (κ1) is 24.7. The molecule has 144 valence electrons. The van der Waals surface area contributed by atoms with Gasteiger partial charge in [-0.05, 0) is 68.2 Å². The van der Waals surface area contributed by atoms with Crippen LogP contribution in [0.15, 0.2) is 41.3 Å². The molecule has 1 aromatic rings. The molecular weight excluding hydrogens is 397 g/mol. The van der Waals surface area contributed by atoms with Crippen LogP contribution in [0.2, 0.25) is 5.02 Å². The number of carboxylic acids is 1. The summed E-state index contributed by atoms with van der Waals surface area (Å²) in [4.78, 5) is 10.6. The molecule has 1 aliphatic rings. The molecule has 1 fully saturated rings. The molecule has 0 unspecified atom stereocenters. The van der Waals surface area contributed by atoms with Crippen LogP contribution in [-0.4, -0.2) is 20.9 Å². The molecule has 0 atom stereocenters. The SMILES string of the molecule is O=C([O-])CC/C=C\CC1(CCNS(=O)(=O)c2ccc(Cl)cc2)CCCC1.[Na+]. The zero-order chi connectivity index (χ0) is 19.0. The Morgan fingerprint density at radius 3 is 2.41 bits per heavy atom. The number of halogens is 1. The van der Waals surface area contributed by atoms with E-state index in [-0.39, 0.29) is 46.3 Å². The summed E-state index contributed by atoms with van der Waals surface area (Å²) in [6.45, 7) is 0.387. The maximum Gasteiger partial charge on any atom is 1.00 e. The van der Waals surface area contributed by atoms with E-state index in [2.05, 4.69) is 4.72 Å². The first-order valence-electron chi connectivity index (χ1n) is 8.93. The Labute approximate surface area is 188 Å². The van der Waals surface area contributed by atoms with Gasteiger partial charge in [0.2, 0.25) is 10.0 Å². The van der Waals surface area contributed by atoms with Gasteiger partial charge in [-0.3, -0.25) is 0 Å². The zero-order valence-electron chi connectivity index (χ0n) is 15.7. The summed E-state index contributed by atoms with van der Waals surface area (Å²) in [5, 5.41) is 10.9. The van der Waals surface area contributed by atoms with Gasteiger partial charge in [0.1, 0.15) is 0 Å². The van der Waals surface area contributed by atoms with E-state index in [0.717, 1.165) is 38.5 Å². The molecule has 0 bridgehead atoms. The number of carbonyl (C=O) groups excluding carboxylic acids is 1. The number of hydrogen-bond donors (Lipinski definition) is 1. The van der Waals surface area contributed by atoms with Gasteiger partial charge in [0.15, 0.2) is 0 Å². The minimum atomic E-state index is -3.53. The van der Waals surface area contributed by atoms with E-state index in [4.69, 9.17) is 11.6 Å². The first-order valence-corrected chi connectivity index (χ1v) is 10.8. The molecule has 1 aliphatic carbocycles. The summed E-state index contributed by atoms with van der Waals surface area (Å²) < 4.78 is 27.4. The van der Waals surface area contributed by atoms with Gasteiger partial charge in [0.05, 0.1) is 4.90 Å². The standard InChI is InChI=1S/C19H26ClNO4S.Na/c20-16-7-9-17(10-8-16)26(24,25)21-15-14-19(12-4-5-13-19)11-3-1-2-6-18(22)23;/h1,3,7-10,21H,2,4-6,11-15H2,(H,22,23);/q;+1/p-1/b3-1-;. The second-order valence-electron chi connectivity index (χ2n) is 6.90. The van der Waals surface area contributed by atoms with Crippen molar-refractivity contribution in [2.75, 3.05) is 6.54 Å². The predicted octanol–water partition coefficient (Wildman–Crippen LogP) is 0.0492. The quantitative estimate of drug-likeness (QED) is 0.427. The summed E-state index contributed by atoms with van der Waals surface area (Å²) in [7, 11) is -3.53. The molecule has 0 spiro atoms. The van der Waals surface area contributed by atoms with Crippen molar-refractivity contribution < 1.29 is 47.9 Å². The first-order chi connectivity index (χ1) is 12.3. The number of carboxylic acid groups (broad SMARTS) is 1. The van der Waals surface area contributed by atoms with Crippen molar-refractivity contribution >= 4 is 27.6 Å². The Balaban J connectivity index is 0.00000364. The Hall–Kier alpha value is -0.370. The smallest absolute Gasteiger partial charge is 0.550 e. The molecule has 2 rings (SSSR count). The van der Waals surface area contributed by atoms with Crippen LogP contribution in [0.1, 0.15) is 51.4 Å². The Bertz CT molecular complexity index is 729. The maximum absolute atomic E-state index is 12.4. The summed E-state index contributed by atoms with van der Waals surface area (Å²) in [6, 6.07) is 6.12. The minimum absolute atomic E-state index is 0. The number of allylic oxidation sites excluding steroid dienone is 2. The number of hydrogen-bond acceptors (Lipinski definition) is 4. The molecule has 1 aromatic carbocycles. The fourth-order valence-electron chi connectivity index (χ4n) is 3.48. The van der Waals surface area contributed by atoms with Crippen molar-refractivity contribution in [1.82, 2.24) is 4.72 Å². The van der Waals surface area contributed by atoms with Crippen LogP contribution >= 0.6 is 11.6 Å². The summed E-state index contributed by atoms with van der Waals surface area (Å²) in [5.74, 6) is -1.04. The normalized spacial score (nSPS) is 16.3. The Morgan fingerprint density at radius 2 is 1.81 bits per heavy atom. The molecule has 0 heterocycles. The third kappa shape index (κ3) is 8.26. The van der Waals surface area contributed by atoms with Gasteiger partial charge in [0, 0.05) is 17.5 Å². The van der Waals surface area contributed by atoms with Gasteiger partial charge >= 0.3 is 29.6 Å². The Kier molecular flexibility index (Phi) is 10.6. The number of sulfonamides is 1. The van der Waals surface area contributed by atoms with Crippen molar-refractivity contribution in [1.29, 1.82) is 0 Å². The van der Waals surface area contributed by atoms with Crippen molar-refractivity contribution in [2.45, 2.75) is 56.3 Å². The third-order valence-corrected chi connectivity index (χ3v) is 6.70. The molecule has 1 N–H and O–H groups in total. The summed E-state index contributed by atoms with van der Waals surface area (Å²) >= 11 is 5.80. The number of aliphatic carboxylic acids is 1. The van der Waals surface area contributed by atoms with E-state index < -0.39 is 16.0 Å². The molecule has 8 heteroatoms. The van der Waals surface area contributed by atoms with Gasteiger partial charge in [-0.2, -0.15) is 0 Å². The molecule has 5 nitrogen and oxygen atoms in total. The van der Waals surface area contributed by atoms with E-state index in [0.29, 0.717) is 18.0 Å². The molecule has 0 amide bonds. The average molecular weight is 422 g/mol. The van der Waals surface area contributed by atoms with Crippen molar-refractivity contribution in [2.24, 2.45) is 5.41 Å². The maximum atomic E-state index is 12.4. The topological polar surface area (TPSA) is 86.3 Å². The van der Waals surface area contributed by atoms with Gasteiger partial charge in [-0.25, -0.2) is 13.1 Å². The number of nitrogens with one attached hydrogen (secondary N) is 1. The Morgan fingerprint density at radius 1 is 1.19 bits per heavy atom.